The molecule has 0 aromatic heterocycles. The molecule has 1 aliphatic rings. The van der Waals surface area contributed by atoms with E-state index in [-0.39, 0.29) is 47.1 Å². The van der Waals surface area contributed by atoms with Crippen LogP contribution in [0.15, 0.2) is 53.0 Å². The number of carbonyl (C=O) groups is 3. The molecule has 0 amide bonds. The van der Waals surface area contributed by atoms with Gasteiger partial charge in [0.2, 0.25) is 11.6 Å². The lowest BCUT2D eigenvalue weighted by atomic mass is 9.79. The summed E-state index contributed by atoms with van der Waals surface area (Å²) in [5, 5.41) is 17.5. The van der Waals surface area contributed by atoms with Crippen LogP contribution in [0.3, 0.4) is 0 Å². The van der Waals surface area contributed by atoms with Gasteiger partial charge in [0, 0.05) is 39.1 Å². The van der Waals surface area contributed by atoms with E-state index in [0.29, 0.717) is 0 Å². The number of aliphatic carboxylic acids is 1. The van der Waals surface area contributed by atoms with Gasteiger partial charge >= 0.3 is 5.97 Å². The lowest BCUT2D eigenvalue weighted by Gasteiger charge is -2.28. The molecule has 1 aromatic rings. The van der Waals surface area contributed by atoms with E-state index >= 15 is 0 Å². The first-order valence-corrected chi connectivity index (χ1v) is 8.34. The van der Waals surface area contributed by atoms with Crippen molar-refractivity contribution in [3.8, 4) is 0 Å². The van der Waals surface area contributed by atoms with Gasteiger partial charge in [-0.15, -0.1) is 0 Å². The molecule has 0 saturated carbocycles. The molecule has 2 rings (SSSR count). The summed E-state index contributed by atoms with van der Waals surface area (Å²) in [6.07, 6.45) is 0.101. The highest BCUT2D eigenvalue weighted by atomic mass is 16.4. The predicted octanol–water partition coefficient (Wildman–Crippen LogP) is 0.911. The minimum atomic E-state index is -0.951. The van der Waals surface area contributed by atoms with Gasteiger partial charge in [0.15, 0.2) is 0 Å². The molecule has 7 nitrogen and oxygen atoms in total. The van der Waals surface area contributed by atoms with Gasteiger partial charge in [0.25, 0.3) is 0 Å². The number of likely N-dealkylation sites (N-methyl/N-ethyl adjacent to an activating group) is 3. The number of hydrogen-bond donors (Lipinski definition) is 4. The third-order valence-electron chi connectivity index (χ3n) is 4.39. The number of carbonyl (C=O) groups excluding carboxylic acids is 2. The lowest BCUT2D eigenvalue weighted by molar-refractivity contribution is -0.137. The summed E-state index contributed by atoms with van der Waals surface area (Å²) in [6, 6.07) is 9.16. The molecule has 0 heterocycles. The van der Waals surface area contributed by atoms with Gasteiger partial charge in [-0.05, 0) is 12.0 Å². The van der Waals surface area contributed by atoms with Crippen LogP contribution < -0.4 is 16.0 Å². The zero-order valence-corrected chi connectivity index (χ0v) is 15.1. The van der Waals surface area contributed by atoms with E-state index in [9.17, 15) is 14.4 Å². The highest BCUT2D eigenvalue weighted by molar-refractivity contribution is 6.25. The van der Waals surface area contributed by atoms with Crippen molar-refractivity contribution in [2.75, 3.05) is 21.1 Å². The molecule has 0 fully saturated rings. The normalized spacial score (nSPS) is 15.8. The van der Waals surface area contributed by atoms with Gasteiger partial charge in [-0.1, -0.05) is 30.3 Å². The average molecular weight is 357 g/mol. The fraction of sp³-hybridized carbons (Fsp3) is 0.316. The van der Waals surface area contributed by atoms with Crippen molar-refractivity contribution in [3.63, 3.8) is 0 Å². The van der Waals surface area contributed by atoms with Crippen LogP contribution >= 0.6 is 0 Å². The van der Waals surface area contributed by atoms with E-state index < -0.39 is 11.9 Å². The highest BCUT2D eigenvalue weighted by Gasteiger charge is 2.37. The maximum atomic E-state index is 13.1. The SMILES string of the molecule is CNC1=C(NC)C(=O)C(C(CCC(=O)O)c2ccccc2)=C(NC)C1=O. The zero-order chi connectivity index (χ0) is 19.3. The molecule has 0 saturated heterocycles. The van der Waals surface area contributed by atoms with Crippen LogP contribution in [0.5, 0.6) is 0 Å². The van der Waals surface area contributed by atoms with Crippen molar-refractivity contribution in [1.29, 1.82) is 0 Å². The van der Waals surface area contributed by atoms with Crippen molar-refractivity contribution in [3.05, 3.63) is 58.6 Å². The summed E-state index contributed by atoms with van der Waals surface area (Å²) in [7, 11) is 4.74. The Morgan fingerprint density at radius 1 is 0.923 bits per heavy atom. The Bertz CT molecular complexity index is 781. The summed E-state index contributed by atoms with van der Waals surface area (Å²) >= 11 is 0. The van der Waals surface area contributed by atoms with E-state index in [1.165, 1.54) is 0 Å². The van der Waals surface area contributed by atoms with Crippen molar-refractivity contribution in [2.45, 2.75) is 18.8 Å². The topological polar surface area (TPSA) is 108 Å². The average Bonchev–Trinajstić information content (AvgIpc) is 2.64. The summed E-state index contributed by atoms with van der Waals surface area (Å²) in [5.74, 6) is -2.11. The molecule has 0 radical (unpaired) electrons. The summed E-state index contributed by atoms with van der Waals surface area (Å²) in [6.45, 7) is 0. The second kappa shape index (κ2) is 8.33. The fourth-order valence-corrected chi connectivity index (χ4v) is 3.21. The number of ketones is 2. The van der Waals surface area contributed by atoms with Gasteiger partial charge in [-0.3, -0.25) is 14.4 Å². The summed E-state index contributed by atoms with van der Waals surface area (Å²) < 4.78 is 0. The summed E-state index contributed by atoms with van der Waals surface area (Å²) in [4.78, 5) is 37.1. The van der Waals surface area contributed by atoms with Gasteiger partial charge in [-0.2, -0.15) is 0 Å². The van der Waals surface area contributed by atoms with E-state index in [4.69, 9.17) is 5.11 Å². The predicted molar refractivity (Wildman–Crippen MR) is 97.3 cm³/mol. The monoisotopic (exact) mass is 357 g/mol. The first-order chi connectivity index (χ1) is 12.5. The van der Waals surface area contributed by atoms with Crippen LogP contribution in [0.4, 0.5) is 0 Å². The highest BCUT2D eigenvalue weighted by Crippen LogP contribution is 2.35. The lowest BCUT2D eigenvalue weighted by Crippen LogP contribution is -2.39. The van der Waals surface area contributed by atoms with E-state index in [2.05, 4.69) is 16.0 Å². The molecule has 0 spiro atoms. The number of allylic oxidation sites excluding steroid dienone is 1. The van der Waals surface area contributed by atoms with Crippen LogP contribution in [0.25, 0.3) is 0 Å². The van der Waals surface area contributed by atoms with Crippen molar-refractivity contribution >= 4 is 17.5 Å². The summed E-state index contributed by atoms with van der Waals surface area (Å²) in [5.41, 5.74) is 1.64. The van der Waals surface area contributed by atoms with E-state index in [1.807, 2.05) is 30.3 Å². The van der Waals surface area contributed by atoms with E-state index in [1.54, 1.807) is 21.1 Å². The van der Waals surface area contributed by atoms with Crippen LogP contribution in [0.1, 0.15) is 24.3 Å². The maximum absolute atomic E-state index is 13.1. The maximum Gasteiger partial charge on any atom is 0.303 e. The molecule has 0 aliphatic heterocycles. The zero-order valence-electron chi connectivity index (χ0n) is 15.1. The standard InChI is InChI=1S/C19H23N3O4/c1-20-15-14(18(25)16(21-2)17(22-3)19(15)26)12(9-10-13(23)24)11-7-5-4-6-8-11/h4-8,12,20-22H,9-10H2,1-3H3,(H,23,24). The van der Waals surface area contributed by atoms with Crippen LogP contribution in [-0.2, 0) is 14.4 Å². The molecule has 138 valence electrons. The van der Waals surface area contributed by atoms with Crippen LogP contribution in [0.2, 0.25) is 0 Å². The van der Waals surface area contributed by atoms with Crippen molar-refractivity contribution in [2.24, 2.45) is 0 Å². The third-order valence-corrected chi connectivity index (χ3v) is 4.39. The Balaban J connectivity index is 2.62. The van der Waals surface area contributed by atoms with Gasteiger partial charge < -0.3 is 21.1 Å². The van der Waals surface area contributed by atoms with E-state index in [0.717, 1.165) is 5.56 Å². The number of benzene rings is 1. The molecule has 1 unspecified atom stereocenters. The minimum Gasteiger partial charge on any atom is -0.481 e. The molecular weight excluding hydrogens is 334 g/mol. The molecule has 7 heteroatoms. The van der Waals surface area contributed by atoms with Gasteiger partial charge in [0.05, 0.1) is 5.70 Å². The second-order valence-corrected chi connectivity index (χ2v) is 5.84. The number of rotatable bonds is 8. The largest absolute Gasteiger partial charge is 0.481 e. The van der Waals surface area contributed by atoms with Crippen molar-refractivity contribution in [1.82, 2.24) is 16.0 Å². The fourth-order valence-electron chi connectivity index (χ4n) is 3.21. The van der Waals surface area contributed by atoms with Crippen molar-refractivity contribution < 1.29 is 19.5 Å². The Kier molecular flexibility index (Phi) is 6.16. The molecule has 1 aliphatic carbocycles. The first kappa shape index (κ1) is 19.2. The Morgan fingerprint density at radius 2 is 1.46 bits per heavy atom. The minimum absolute atomic E-state index is 0.112. The Morgan fingerprint density at radius 3 is 1.96 bits per heavy atom. The number of hydrogen-bond acceptors (Lipinski definition) is 6. The number of carboxylic acids is 1. The van der Waals surface area contributed by atoms with Crippen LogP contribution in [-0.4, -0.2) is 43.8 Å². The second-order valence-electron chi connectivity index (χ2n) is 5.84. The number of nitrogens with one attached hydrogen (secondary N) is 3. The number of Topliss-reactive ketones (excluding diaryl/α,β-unsaturated/α-hetero) is 2. The molecule has 1 atom stereocenters. The number of carboxylic acid groups (broad SMARTS) is 1. The molecule has 26 heavy (non-hydrogen) atoms. The molecule has 1 aromatic carbocycles. The van der Waals surface area contributed by atoms with Gasteiger partial charge in [0.1, 0.15) is 11.4 Å². The van der Waals surface area contributed by atoms with Gasteiger partial charge in [-0.25, -0.2) is 0 Å². The smallest absolute Gasteiger partial charge is 0.303 e. The Hall–Kier alpha value is -3.09. The first-order valence-electron chi connectivity index (χ1n) is 8.34. The molecular formula is C19H23N3O4. The molecule has 0 bridgehead atoms. The Labute approximate surface area is 152 Å². The third kappa shape index (κ3) is 3.61. The quantitative estimate of drug-likeness (QED) is 0.512. The van der Waals surface area contributed by atoms with Crippen LogP contribution in [0, 0.1) is 0 Å². The molecule has 4 N–H and O–H groups in total.